The van der Waals surface area contributed by atoms with Gasteiger partial charge in [-0.25, -0.2) is 13.1 Å². The number of hydrogen-bond acceptors (Lipinski definition) is 3. The largest absolute Gasteiger partial charge is 0.378 e. The molecule has 1 aliphatic carbocycles. The third kappa shape index (κ3) is 4.16. The molecule has 0 radical (unpaired) electrons. The van der Waals surface area contributed by atoms with Gasteiger partial charge in [-0.3, -0.25) is 0 Å². The summed E-state index contributed by atoms with van der Waals surface area (Å²) < 4.78 is 29.4. The van der Waals surface area contributed by atoms with Crippen LogP contribution in [-0.2, 0) is 10.0 Å². The normalized spacial score (nSPS) is 23.9. The molecule has 2 aliphatic rings. The molecule has 4 atom stereocenters. The van der Waals surface area contributed by atoms with Crippen molar-refractivity contribution in [2.45, 2.75) is 43.5 Å². The molecule has 0 saturated carbocycles. The van der Waals surface area contributed by atoms with Crippen molar-refractivity contribution in [1.82, 2.24) is 4.72 Å². The molecule has 2 aromatic carbocycles. The summed E-state index contributed by atoms with van der Waals surface area (Å²) in [7, 11) is -3.51. The van der Waals surface area contributed by atoms with Crippen molar-refractivity contribution in [1.29, 1.82) is 0 Å². The Morgan fingerprint density at radius 3 is 2.69 bits per heavy atom. The third-order valence-electron chi connectivity index (χ3n) is 6.19. The minimum Gasteiger partial charge on any atom is -0.378 e. The van der Waals surface area contributed by atoms with Crippen LogP contribution in [0.1, 0.15) is 49.8 Å². The highest BCUT2D eigenvalue weighted by atomic mass is 79.9. The lowest BCUT2D eigenvalue weighted by molar-refractivity contribution is 0.425. The number of nitrogens with one attached hydrogen (secondary N) is 2. The lowest BCUT2D eigenvalue weighted by Gasteiger charge is -2.37. The van der Waals surface area contributed by atoms with E-state index < -0.39 is 10.0 Å². The first kappa shape index (κ1) is 20.6. The van der Waals surface area contributed by atoms with E-state index in [1.807, 2.05) is 12.1 Å². The second kappa shape index (κ2) is 8.25. The summed E-state index contributed by atoms with van der Waals surface area (Å²) >= 11 is 3.51. The summed E-state index contributed by atoms with van der Waals surface area (Å²) in [6, 6.07) is 14.1. The molecule has 0 spiro atoms. The van der Waals surface area contributed by atoms with E-state index in [-0.39, 0.29) is 12.0 Å². The fraction of sp³-hybridized carbons (Fsp3) is 0.391. The summed E-state index contributed by atoms with van der Waals surface area (Å²) in [5.74, 6) is 0.928. The van der Waals surface area contributed by atoms with Gasteiger partial charge in [-0.05, 0) is 59.7 Å². The van der Waals surface area contributed by atoms with Crippen molar-refractivity contribution in [2.24, 2.45) is 11.8 Å². The van der Waals surface area contributed by atoms with Crippen molar-refractivity contribution in [2.75, 3.05) is 11.9 Å². The van der Waals surface area contributed by atoms with E-state index in [0.29, 0.717) is 23.3 Å². The average molecular weight is 475 g/mol. The second-order valence-corrected chi connectivity index (χ2v) is 10.8. The van der Waals surface area contributed by atoms with Crippen molar-refractivity contribution in [3.63, 3.8) is 0 Å². The van der Waals surface area contributed by atoms with Gasteiger partial charge < -0.3 is 5.32 Å². The van der Waals surface area contributed by atoms with Gasteiger partial charge in [0.15, 0.2) is 0 Å². The molecule has 154 valence electrons. The lowest BCUT2D eigenvalue weighted by atomic mass is 9.77. The summed E-state index contributed by atoms with van der Waals surface area (Å²) in [6.07, 6.45) is 6.39. The molecule has 1 heterocycles. The molecule has 0 fully saturated rings. The van der Waals surface area contributed by atoms with Crippen molar-refractivity contribution in [3.05, 3.63) is 70.2 Å². The summed E-state index contributed by atoms with van der Waals surface area (Å²) in [5, 5.41) is 3.67. The number of benzene rings is 2. The van der Waals surface area contributed by atoms with Crippen LogP contribution in [-0.4, -0.2) is 15.0 Å². The number of rotatable bonds is 6. The first-order valence-corrected chi connectivity index (χ1v) is 12.5. The Bertz CT molecular complexity index is 1020. The quantitative estimate of drug-likeness (QED) is 0.535. The van der Waals surface area contributed by atoms with Gasteiger partial charge in [-0.1, -0.05) is 60.5 Å². The first-order valence-electron chi connectivity index (χ1n) is 10.2. The number of allylic oxidation sites excluding steroid dienone is 2. The number of anilines is 1. The van der Waals surface area contributed by atoms with Gasteiger partial charge in [-0.2, -0.15) is 0 Å². The van der Waals surface area contributed by atoms with Crippen LogP contribution >= 0.6 is 15.9 Å². The van der Waals surface area contributed by atoms with E-state index in [1.54, 1.807) is 6.07 Å². The minimum atomic E-state index is -3.51. The molecule has 0 amide bonds. The van der Waals surface area contributed by atoms with Crippen LogP contribution in [0.15, 0.2) is 64.0 Å². The van der Waals surface area contributed by atoms with Gasteiger partial charge >= 0.3 is 0 Å². The number of fused-ring (bicyclic) bond motifs is 3. The Labute approximate surface area is 182 Å². The van der Waals surface area contributed by atoms with Crippen molar-refractivity contribution < 1.29 is 8.42 Å². The zero-order valence-corrected chi connectivity index (χ0v) is 19.1. The standard InChI is InChI=1S/C23H27BrN2O2S/c1-3-15(2)14-25-29(27,28)18-11-12-22-21(13-18)19-5-4-6-20(19)23(26-22)16-7-9-17(24)10-8-16/h4-5,7-13,15,19-20,23,25-26H,3,6,14H2,1-2H3/t15?,19-,20+,23+/m0/s1. The molecular weight excluding hydrogens is 448 g/mol. The molecule has 6 heteroatoms. The third-order valence-corrected chi connectivity index (χ3v) is 8.14. The molecule has 1 unspecified atom stereocenters. The molecule has 1 aliphatic heterocycles. The van der Waals surface area contributed by atoms with E-state index in [1.165, 1.54) is 5.56 Å². The molecule has 0 saturated heterocycles. The summed E-state index contributed by atoms with van der Waals surface area (Å²) in [4.78, 5) is 0.350. The van der Waals surface area contributed by atoms with Gasteiger partial charge in [0, 0.05) is 22.6 Å². The van der Waals surface area contributed by atoms with Gasteiger partial charge in [-0.15, -0.1) is 0 Å². The number of hydrogen-bond donors (Lipinski definition) is 2. The summed E-state index contributed by atoms with van der Waals surface area (Å²) in [6.45, 7) is 4.58. The van der Waals surface area contributed by atoms with Gasteiger partial charge in [0.2, 0.25) is 10.0 Å². The fourth-order valence-corrected chi connectivity index (χ4v) is 5.68. The van der Waals surface area contributed by atoms with Crippen molar-refractivity contribution in [3.8, 4) is 0 Å². The summed E-state index contributed by atoms with van der Waals surface area (Å²) in [5.41, 5.74) is 3.35. The molecule has 2 aromatic rings. The number of halogens is 1. The molecule has 2 N–H and O–H groups in total. The maximum atomic E-state index is 12.8. The highest BCUT2D eigenvalue weighted by Gasteiger charge is 2.38. The molecule has 4 nitrogen and oxygen atoms in total. The van der Waals surface area contributed by atoms with E-state index in [9.17, 15) is 8.42 Å². The average Bonchev–Trinajstić information content (AvgIpc) is 3.22. The predicted octanol–water partition coefficient (Wildman–Crippen LogP) is 5.60. The zero-order valence-electron chi connectivity index (χ0n) is 16.7. The van der Waals surface area contributed by atoms with E-state index >= 15 is 0 Å². The van der Waals surface area contributed by atoms with E-state index in [4.69, 9.17) is 0 Å². The maximum absolute atomic E-state index is 12.8. The van der Waals surface area contributed by atoms with Gasteiger partial charge in [0.05, 0.1) is 10.9 Å². The Kier molecular flexibility index (Phi) is 5.87. The second-order valence-electron chi connectivity index (χ2n) is 8.14. The molecule has 4 rings (SSSR count). The highest BCUT2D eigenvalue weighted by molar-refractivity contribution is 9.10. The lowest BCUT2D eigenvalue weighted by Crippen LogP contribution is -2.30. The molecular formula is C23H27BrN2O2S. The van der Waals surface area contributed by atoms with Crippen LogP contribution < -0.4 is 10.0 Å². The minimum absolute atomic E-state index is 0.210. The molecule has 0 bridgehead atoms. The first-order chi connectivity index (χ1) is 13.9. The van der Waals surface area contributed by atoms with Crippen LogP contribution in [0.2, 0.25) is 0 Å². The predicted molar refractivity (Wildman–Crippen MR) is 122 cm³/mol. The number of sulfonamides is 1. The van der Waals surface area contributed by atoms with Crippen LogP contribution in [0.4, 0.5) is 5.69 Å². The Morgan fingerprint density at radius 2 is 1.97 bits per heavy atom. The van der Waals surface area contributed by atoms with Crippen LogP contribution in [0.3, 0.4) is 0 Å². The highest BCUT2D eigenvalue weighted by Crippen LogP contribution is 2.50. The van der Waals surface area contributed by atoms with Crippen LogP contribution in [0.5, 0.6) is 0 Å². The van der Waals surface area contributed by atoms with Gasteiger partial charge in [0.1, 0.15) is 0 Å². The fourth-order valence-electron chi connectivity index (χ4n) is 4.22. The van der Waals surface area contributed by atoms with E-state index in [0.717, 1.165) is 28.6 Å². The van der Waals surface area contributed by atoms with Crippen LogP contribution in [0.25, 0.3) is 0 Å². The van der Waals surface area contributed by atoms with Crippen LogP contribution in [0, 0.1) is 11.8 Å². The Balaban J connectivity index is 1.65. The smallest absolute Gasteiger partial charge is 0.240 e. The van der Waals surface area contributed by atoms with Crippen molar-refractivity contribution >= 4 is 31.6 Å². The van der Waals surface area contributed by atoms with Gasteiger partial charge in [0.25, 0.3) is 0 Å². The topological polar surface area (TPSA) is 58.2 Å². The molecule has 0 aromatic heterocycles. The monoisotopic (exact) mass is 474 g/mol. The Hall–Kier alpha value is -1.63. The molecule has 29 heavy (non-hydrogen) atoms. The van der Waals surface area contributed by atoms with E-state index in [2.05, 4.69) is 76.2 Å². The maximum Gasteiger partial charge on any atom is 0.240 e. The Morgan fingerprint density at radius 1 is 1.21 bits per heavy atom. The SMILES string of the molecule is CCC(C)CNS(=O)(=O)c1ccc2c(c1)[C@H]1C=CC[C@H]1[C@@H](c1ccc(Br)cc1)N2. The zero-order chi connectivity index (χ0) is 20.6.